The Bertz CT molecular complexity index is 513. The highest BCUT2D eigenvalue weighted by Gasteiger charge is 2.09. The Hall–Kier alpha value is -1.87. The van der Waals surface area contributed by atoms with Gasteiger partial charge in [0.25, 0.3) is 0 Å². The summed E-state index contributed by atoms with van der Waals surface area (Å²) < 4.78 is 13.7. The van der Waals surface area contributed by atoms with E-state index in [1.807, 2.05) is 30.3 Å². The third kappa shape index (κ3) is 2.87. The standard InChI is InChI=1S/C15H16FNO/c1-11-6-5-9-13(15(11)16)17-10-14(18)12-7-3-2-4-8-12/h2-9,14,17-18H,10H2,1H3. The first kappa shape index (κ1) is 12.6. The van der Waals surface area contributed by atoms with Crippen LogP contribution in [0.25, 0.3) is 0 Å². The van der Waals surface area contributed by atoms with Crippen LogP contribution in [0.15, 0.2) is 48.5 Å². The summed E-state index contributed by atoms with van der Waals surface area (Å²) >= 11 is 0. The molecule has 0 aliphatic carbocycles. The number of hydrogen-bond donors (Lipinski definition) is 2. The molecule has 0 aliphatic rings. The lowest BCUT2D eigenvalue weighted by Crippen LogP contribution is -2.13. The summed E-state index contributed by atoms with van der Waals surface area (Å²) in [5.74, 6) is -0.266. The summed E-state index contributed by atoms with van der Waals surface area (Å²) in [7, 11) is 0. The zero-order valence-electron chi connectivity index (χ0n) is 10.2. The lowest BCUT2D eigenvalue weighted by atomic mass is 10.1. The topological polar surface area (TPSA) is 32.3 Å². The number of anilines is 1. The van der Waals surface area contributed by atoms with E-state index in [1.165, 1.54) is 0 Å². The molecule has 2 aromatic rings. The van der Waals surface area contributed by atoms with Crippen LogP contribution in [0.3, 0.4) is 0 Å². The SMILES string of the molecule is Cc1cccc(NCC(O)c2ccccc2)c1F. The fourth-order valence-corrected chi connectivity index (χ4v) is 1.78. The molecule has 0 spiro atoms. The number of halogens is 1. The van der Waals surface area contributed by atoms with Crippen molar-refractivity contribution in [1.29, 1.82) is 0 Å². The van der Waals surface area contributed by atoms with Crippen LogP contribution in [0.4, 0.5) is 10.1 Å². The molecule has 2 N–H and O–H groups in total. The van der Waals surface area contributed by atoms with E-state index < -0.39 is 6.10 Å². The van der Waals surface area contributed by atoms with Gasteiger partial charge in [0.15, 0.2) is 0 Å². The number of aliphatic hydroxyl groups excluding tert-OH is 1. The first-order chi connectivity index (χ1) is 8.68. The molecule has 0 fully saturated rings. The van der Waals surface area contributed by atoms with Crippen molar-refractivity contribution in [3.05, 3.63) is 65.5 Å². The first-order valence-electron chi connectivity index (χ1n) is 5.90. The van der Waals surface area contributed by atoms with Crippen LogP contribution in [0.5, 0.6) is 0 Å². The molecule has 94 valence electrons. The number of aryl methyl sites for hydroxylation is 1. The van der Waals surface area contributed by atoms with E-state index in [-0.39, 0.29) is 12.4 Å². The van der Waals surface area contributed by atoms with Crippen molar-refractivity contribution in [1.82, 2.24) is 0 Å². The van der Waals surface area contributed by atoms with E-state index >= 15 is 0 Å². The minimum atomic E-state index is -0.647. The Kier molecular flexibility index (Phi) is 3.95. The molecule has 0 heterocycles. The van der Waals surface area contributed by atoms with Crippen LogP contribution in [-0.2, 0) is 0 Å². The molecule has 0 aliphatic heterocycles. The summed E-state index contributed by atoms with van der Waals surface area (Å²) in [6, 6.07) is 14.5. The molecule has 0 amide bonds. The molecular formula is C15H16FNO. The van der Waals surface area contributed by atoms with Gasteiger partial charge in [-0.3, -0.25) is 0 Å². The lowest BCUT2D eigenvalue weighted by Gasteiger charge is -2.14. The van der Waals surface area contributed by atoms with E-state index in [0.717, 1.165) is 5.56 Å². The van der Waals surface area contributed by atoms with Gasteiger partial charge in [-0.05, 0) is 24.1 Å². The highest BCUT2D eigenvalue weighted by atomic mass is 19.1. The van der Waals surface area contributed by atoms with Crippen LogP contribution in [0.1, 0.15) is 17.2 Å². The highest BCUT2D eigenvalue weighted by molar-refractivity contribution is 5.47. The number of rotatable bonds is 4. The van der Waals surface area contributed by atoms with Gasteiger partial charge in [-0.25, -0.2) is 4.39 Å². The number of hydrogen-bond acceptors (Lipinski definition) is 2. The molecule has 2 rings (SSSR count). The third-order valence-corrected chi connectivity index (χ3v) is 2.86. The van der Waals surface area contributed by atoms with Crippen LogP contribution in [0, 0.1) is 12.7 Å². The maximum Gasteiger partial charge on any atom is 0.149 e. The Labute approximate surface area is 106 Å². The van der Waals surface area contributed by atoms with Crippen molar-refractivity contribution in [2.75, 3.05) is 11.9 Å². The zero-order valence-corrected chi connectivity index (χ0v) is 10.2. The van der Waals surface area contributed by atoms with Gasteiger partial charge in [0.05, 0.1) is 11.8 Å². The molecule has 0 radical (unpaired) electrons. The number of aliphatic hydroxyl groups is 1. The Morgan fingerprint density at radius 2 is 1.83 bits per heavy atom. The smallest absolute Gasteiger partial charge is 0.149 e. The quantitative estimate of drug-likeness (QED) is 0.866. The maximum absolute atomic E-state index is 13.7. The molecule has 2 aromatic carbocycles. The Morgan fingerprint density at radius 3 is 2.56 bits per heavy atom. The molecule has 1 unspecified atom stereocenters. The van der Waals surface area contributed by atoms with E-state index in [0.29, 0.717) is 11.3 Å². The predicted molar refractivity (Wildman–Crippen MR) is 71.0 cm³/mol. The Morgan fingerprint density at radius 1 is 1.11 bits per heavy atom. The van der Waals surface area contributed by atoms with Crippen molar-refractivity contribution in [3.63, 3.8) is 0 Å². The largest absolute Gasteiger partial charge is 0.387 e. The second kappa shape index (κ2) is 5.65. The van der Waals surface area contributed by atoms with Crippen LogP contribution in [0.2, 0.25) is 0 Å². The highest BCUT2D eigenvalue weighted by Crippen LogP contribution is 2.19. The van der Waals surface area contributed by atoms with Crippen molar-refractivity contribution in [2.45, 2.75) is 13.0 Å². The Balaban J connectivity index is 2.02. The van der Waals surface area contributed by atoms with Gasteiger partial charge in [0.2, 0.25) is 0 Å². The number of benzene rings is 2. The maximum atomic E-state index is 13.7. The molecule has 0 bridgehead atoms. The van der Waals surface area contributed by atoms with Crippen molar-refractivity contribution in [2.24, 2.45) is 0 Å². The van der Waals surface area contributed by atoms with Gasteiger partial charge in [-0.1, -0.05) is 42.5 Å². The van der Waals surface area contributed by atoms with Gasteiger partial charge in [0.1, 0.15) is 5.82 Å². The molecule has 2 nitrogen and oxygen atoms in total. The van der Waals surface area contributed by atoms with Crippen LogP contribution in [-0.4, -0.2) is 11.7 Å². The lowest BCUT2D eigenvalue weighted by molar-refractivity contribution is 0.191. The molecule has 0 aromatic heterocycles. The second-order valence-electron chi connectivity index (χ2n) is 4.24. The number of nitrogens with one attached hydrogen (secondary N) is 1. The van der Waals surface area contributed by atoms with Gasteiger partial charge >= 0.3 is 0 Å². The second-order valence-corrected chi connectivity index (χ2v) is 4.24. The minimum absolute atomic E-state index is 0.266. The fraction of sp³-hybridized carbons (Fsp3) is 0.200. The molecule has 0 saturated carbocycles. The van der Waals surface area contributed by atoms with E-state index in [2.05, 4.69) is 5.32 Å². The van der Waals surface area contributed by atoms with Gasteiger partial charge in [0, 0.05) is 6.54 Å². The summed E-state index contributed by atoms with van der Waals surface area (Å²) in [4.78, 5) is 0. The molecule has 18 heavy (non-hydrogen) atoms. The van der Waals surface area contributed by atoms with Crippen LogP contribution >= 0.6 is 0 Å². The summed E-state index contributed by atoms with van der Waals surface area (Å²) in [6.45, 7) is 2.00. The normalized spacial score (nSPS) is 12.2. The molecular weight excluding hydrogens is 229 g/mol. The summed E-state index contributed by atoms with van der Waals surface area (Å²) in [5.41, 5.74) is 1.83. The fourth-order valence-electron chi connectivity index (χ4n) is 1.78. The van der Waals surface area contributed by atoms with Crippen molar-refractivity contribution < 1.29 is 9.50 Å². The van der Waals surface area contributed by atoms with E-state index in [1.54, 1.807) is 25.1 Å². The third-order valence-electron chi connectivity index (χ3n) is 2.86. The van der Waals surface area contributed by atoms with Gasteiger partial charge in [-0.2, -0.15) is 0 Å². The average Bonchev–Trinajstić information content (AvgIpc) is 2.41. The van der Waals surface area contributed by atoms with Crippen molar-refractivity contribution in [3.8, 4) is 0 Å². The van der Waals surface area contributed by atoms with E-state index in [9.17, 15) is 9.50 Å². The summed E-state index contributed by atoms with van der Waals surface area (Å²) in [5, 5.41) is 12.9. The first-order valence-corrected chi connectivity index (χ1v) is 5.90. The molecule has 0 saturated heterocycles. The van der Waals surface area contributed by atoms with Gasteiger partial charge < -0.3 is 10.4 Å². The predicted octanol–water partition coefficient (Wildman–Crippen LogP) is 3.28. The minimum Gasteiger partial charge on any atom is -0.387 e. The van der Waals surface area contributed by atoms with Crippen molar-refractivity contribution >= 4 is 5.69 Å². The summed E-state index contributed by atoms with van der Waals surface area (Å²) in [6.07, 6.45) is -0.647. The monoisotopic (exact) mass is 245 g/mol. The van der Waals surface area contributed by atoms with Crippen LogP contribution < -0.4 is 5.32 Å². The zero-order chi connectivity index (χ0) is 13.0. The average molecular weight is 245 g/mol. The molecule has 1 atom stereocenters. The van der Waals surface area contributed by atoms with Gasteiger partial charge in [-0.15, -0.1) is 0 Å². The molecule has 3 heteroatoms. The van der Waals surface area contributed by atoms with E-state index in [4.69, 9.17) is 0 Å².